The van der Waals surface area contributed by atoms with Gasteiger partial charge in [0, 0.05) is 0 Å². The summed E-state index contributed by atoms with van der Waals surface area (Å²) in [5.41, 5.74) is 5.45. The average Bonchev–Trinajstić information content (AvgIpc) is 3.27. The van der Waals surface area contributed by atoms with Crippen molar-refractivity contribution in [2.24, 2.45) is 0 Å². The summed E-state index contributed by atoms with van der Waals surface area (Å²) in [6.45, 7) is 2.38. The number of phenols is 1. The standard InChI is InChI=1S/C25H28O4S/c1-2-6-21-17-30(27,28)24-16-29-23(25(21)24)14-11-20(19-7-4-3-5-8-19)15-18-9-12-22(26)13-10-18/h3-5,7-10,12-13,15,23-24,26H,2,6,11,14,16-17H2,1H3/b20-15-/t23-,24+/m1/s1. The molecule has 5 heteroatoms. The molecule has 2 aromatic carbocycles. The van der Waals surface area contributed by atoms with E-state index in [-0.39, 0.29) is 24.2 Å². The topological polar surface area (TPSA) is 63.6 Å². The molecule has 0 aliphatic carbocycles. The Balaban J connectivity index is 1.59. The van der Waals surface area contributed by atoms with Crippen molar-refractivity contribution < 1.29 is 18.3 Å². The second-order valence-electron chi connectivity index (χ2n) is 8.09. The van der Waals surface area contributed by atoms with Gasteiger partial charge in [0.1, 0.15) is 11.0 Å². The number of benzene rings is 2. The minimum atomic E-state index is -3.11. The van der Waals surface area contributed by atoms with E-state index in [0.717, 1.165) is 48.0 Å². The van der Waals surface area contributed by atoms with Crippen LogP contribution in [0.5, 0.6) is 5.75 Å². The summed E-state index contributed by atoms with van der Waals surface area (Å²) in [7, 11) is -3.11. The molecule has 2 aromatic rings. The first-order valence-electron chi connectivity index (χ1n) is 10.6. The van der Waals surface area contributed by atoms with Crippen molar-refractivity contribution in [3.63, 3.8) is 0 Å². The second kappa shape index (κ2) is 8.78. The Hall–Kier alpha value is -2.37. The Kier molecular flexibility index (Phi) is 6.11. The quantitative estimate of drug-likeness (QED) is 0.501. The lowest BCUT2D eigenvalue weighted by Gasteiger charge is -2.16. The van der Waals surface area contributed by atoms with Crippen LogP contribution in [0.25, 0.3) is 11.6 Å². The normalized spacial score (nSPS) is 23.0. The van der Waals surface area contributed by atoms with Gasteiger partial charge in [-0.3, -0.25) is 0 Å². The number of allylic oxidation sites excluding steroid dienone is 1. The number of ether oxygens (including phenoxy) is 1. The molecule has 1 saturated heterocycles. The van der Waals surface area contributed by atoms with Crippen LogP contribution < -0.4 is 0 Å². The van der Waals surface area contributed by atoms with Crippen LogP contribution in [0.1, 0.15) is 43.7 Å². The number of aromatic hydroxyl groups is 1. The molecular formula is C25H28O4S. The Morgan fingerprint density at radius 3 is 2.57 bits per heavy atom. The first kappa shape index (κ1) is 20.9. The highest BCUT2D eigenvalue weighted by atomic mass is 32.2. The molecule has 0 unspecified atom stereocenters. The van der Waals surface area contributed by atoms with Gasteiger partial charge >= 0.3 is 0 Å². The zero-order valence-corrected chi connectivity index (χ0v) is 18.1. The minimum absolute atomic E-state index is 0.124. The highest BCUT2D eigenvalue weighted by Gasteiger charge is 2.46. The molecule has 2 atom stereocenters. The third-order valence-corrected chi connectivity index (χ3v) is 7.97. The van der Waals surface area contributed by atoms with E-state index in [0.29, 0.717) is 0 Å². The van der Waals surface area contributed by atoms with Gasteiger partial charge in [0.15, 0.2) is 9.84 Å². The van der Waals surface area contributed by atoms with Gasteiger partial charge in [-0.05, 0) is 53.7 Å². The predicted molar refractivity (Wildman–Crippen MR) is 121 cm³/mol. The van der Waals surface area contributed by atoms with E-state index < -0.39 is 15.1 Å². The van der Waals surface area contributed by atoms with Gasteiger partial charge in [-0.2, -0.15) is 0 Å². The molecule has 2 aliphatic heterocycles. The van der Waals surface area contributed by atoms with E-state index in [9.17, 15) is 13.5 Å². The molecule has 30 heavy (non-hydrogen) atoms. The van der Waals surface area contributed by atoms with E-state index >= 15 is 0 Å². The molecule has 0 saturated carbocycles. The van der Waals surface area contributed by atoms with E-state index in [2.05, 4.69) is 25.1 Å². The zero-order chi connectivity index (χ0) is 21.1. The SMILES string of the molecule is CCCC1=C2[C@@H](CC/C(=C/c3ccc(O)cc3)c3ccccc3)OC[C@@H]2S(=O)(=O)C1. The molecule has 4 rings (SSSR count). The van der Waals surface area contributed by atoms with Crippen molar-refractivity contribution in [3.05, 3.63) is 76.9 Å². The summed E-state index contributed by atoms with van der Waals surface area (Å²) in [5, 5.41) is 9.12. The number of hydrogen-bond acceptors (Lipinski definition) is 4. The molecule has 1 N–H and O–H groups in total. The summed E-state index contributed by atoms with van der Waals surface area (Å²) >= 11 is 0. The number of fused-ring (bicyclic) bond motifs is 1. The average molecular weight is 425 g/mol. The largest absolute Gasteiger partial charge is 0.508 e. The third-order valence-electron chi connectivity index (χ3n) is 5.97. The fraction of sp³-hybridized carbons (Fsp3) is 0.360. The van der Waals surface area contributed by atoms with Crippen LogP contribution in [-0.2, 0) is 14.6 Å². The van der Waals surface area contributed by atoms with Crippen LogP contribution in [0.2, 0.25) is 0 Å². The molecular weight excluding hydrogens is 396 g/mol. The number of phenolic OH excluding ortho intramolecular Hbond substituents is 1. The molecule has 0 amide bonds. The van der Waals surface area contributed by atoms with Gasteiger partial charge in [-0.25, -0.2) is 8.42 Å². The third kappa shape index (κ3) is 4.37. The first-order chi connectivity index (χ1) is 14.5. The van der Waals surface area contributed by atoms with Crippen LogP contribution in [0.3, 0.4) is 0 Å². The fourth-order valence-electron chi connectivity index (χ4n) is 4.54. The number of hydrogen-bond donors (Lipinski definition) is 1. The maximum Gasteiger partial charge on any atom is 0.163 e. The zero-order valence-electron chi connectivity index (χ0n) is 17.3. The highest BCUT2D eigenvalue weighted by Crippen LogP contribution is 2.40. The van der Waals surface area contributed by atoms with Crippen molar-refractivity contribution in [3.8, 4) is 5.75 Å². The van der Waals surface area contributed by atoms with Gasteiger partial charge in [-0.15, -0.1) is 0 Å². The van der Waals surface area contributed by atoms with Gasteiger partial charge in [0.25, 0.3) is 0 Å². The van der Waals surface area contributed by atoms with Gasteiger partial charge in [-0.1, -0.05) is 67.5 Å². The van der Waals surface area contributed by atoms with Gasteiger partial charge < -0.3 is 9.84 Å². The van der Waals surface area contributed by atoms with Crippen molar-refractivity contribution in [1.82, 2.24) is 0 Å². The van der Waals surface area contributed by atoms with Crippen LogP contribution in [0, 0.1) is 0 Å². The Bertz CT molecular complexity index is 1050. The van der Waals surface area contributed by atoms with E-state index in [1.165, 1.54) is 5.57 Å². The van der Waals surface area contributed by atoms with Crippen LogP contribution >= 0.6 is 0 Å². The van der Waals surface area contributed by atoms with Crippen LogP contribution in [0.4, 0.5) is 0 Å². The lowest BCUT2D eigenvalue weighted by atomic mass is 9.92. The molecule has 2 heterocycles. The van der Waals surface area contributed by atoms with Crippen molar-refractivity contribution in [1.29, 1.82) is 0 Å². The summed E-state index contributed by atoms with van der Waals surface area (Å²) in [4.78, 5) is 0. The Labute approximate surface area is 178 Å². The molecule has 158 valence electrons. The molecule has 0 radical (unpaired) electrons. The fourth-order valence-corrected chi connectivity index (χ4v) is 6.53. The maximum absolute atomic E-state index is 12.5. The van der Waals surface area contributed by atoms with Crippen molar-refractivity contribution in [2.75, 3.05) is 12.4 Å². The van der Waals surface area contributed by atoms with Gasteiger partial charge in [0.05, 0.1) is 18.5 Å². The maximum atomic E-state index is 12.5. The summed E-state index contributed by atoms with van der Waals surface area (Å²) in [6, 6.07) is 17.4. The lowest BCUT2D eigenvalue weighted by Crippen LogP contribution is -2.19. The summed E-state index contributed by atoms with van der Waals surface area (Å²) < 4.78 is 31.1. The predicted octanol–water partition coefficient (Wildman–Crippen LogP) is 5.01. The minimum Gasteiger partial charge on any atom is -0.508 e. The van der Waals surface area contributed by atoms with Gasteiger partial charge in [0.2, 0.25) is 0 Å². The van der Waals surface area contributed by atoms with Crippen molar-refractivity contribution >= 4 is 21.5 Å². The van der Waals surface area contributed by atoms with Crippen LogP contribution in [0.15, 0.2) is 65.7 Å². The first-order valence-corrected chi connectivity index (χ1v) is 12.3. The van der Waals surface area contributed by atoms with Crippen LogP contribution in [-0.4, -0.2) is 37.2 Å². The summed E-state index contributed by atoms with van der Waals surface area (Å²) in [6.07, 6.45) is 5.33. The number of sulfone groups is 1. The molecule has 2 aliphatic rings. The molecule has 4 nitrogen and oxygen atoms in total. The number of rotatable bonds is 7. The monoisotopic (exact) mass is 424 g/mol. The smallest absolute Gasteiger partial charge is 0.163 e. The highest BCUT2D eigenvalue weighted by molar-refractivity contribution is 7.92. The lowest BCUT2D eigenvalue weighted by molar-refractivity contribution is 0.118. The Morgan fingerprint density at radius 2 is 1.87 bits per heavy atom. The molecule has 0 aromatic heterocycles. The Morgan fingerprint density at radius 1 is 1.13 bits per heavy atom. The van der Waals surface area contributed by atoms with Crippen molar-refractivity contribution in [2.45, 2.75) is 44.0 Å². The molecule has 0 bridgehead atoms. The second-order valence-corrected chi connectivity index (χ2v) is 10.3. The van der Waals surface area contributed by atoms with E-state index in [4.69, 9.17) is 4.74 Å². The summed E-state index contributed by atoms with van der Waals surface area (Å²) in [5.74, 6) is 0.451. The van der Waals surface area contributed by atoms with E-state index in [1.54, 1.807) is 12.1 Å². The molecule has 1 fully saturated rings. The van der Waals surface area contributed by atoms with E-state index in [1.807, 2.05) is 30.3 Å². The molecule has 0 spiro atoms.